The predicted molar refractivity (Wildman–Crippen MR) is 69.1 cm³/mol. The summed E-state index contributed by atoms with van der Waals surface area (Å²) in [6.45, 7) is 6.22. The summed E-state index contributed by atoms with van der Waals surface area (Å²) in [6, 6.07) is 4.75. The van der Waals surface area contributed by atoms with Crippen LogP contribution in [0.4, 0.5) is 4.39 Å². The Hall–Kier alpha value is -1.42. The fourth-order valence-electron chi connectivity index (χ4n) is 2.38. The smallest absolute Gasteiger partial charge is 0.254 e. The molecule has 0 saturated carbocycles. The van der Waals surface area contributed by atoms with Gasteiger partial charge >= 0.3 is 0 Å². The highest BCUT2D eigenvalue weighted by molar-refractivity contribution is 5.94. The van der Waals surface area contributed by atoms with Gasteiger partial charge in [0.1, 0.15) is 5.82 Å². The first kappa shape index (κ1) is 13.0. The Balaban J connectivity index is 2.18. The van der Waals surface area contributed by atoms with E-state index in [-0.39, 0.29) is 17.8 Å². The minimum atomic E-state index is -0.266. The molecule has 4 heteroatoms. The number of carbonyl (C=O) groups excluding carboxylic acids is 1. The van der Waals surface area contributed by atoms with Gasteiger partial charge in [-0.3, -0.25) is 4.79 Å². The van der Waals surface area contributed by atoms with E-state index in [4.69, 9.17) is 0 Å². The molecule has 1 heterocycles. The molecule has 0 aromatic heterocycles. The molecule has 0 N–H and O–H groups in total. The minimum absolute atomic E-state index is 0.00120. The summed E-state index contributed by atoms with van der Waals surface area (Å²) >= 11 is 0. The summed E-state index contributed by atoms with van der Waals surface area (Å²) in [6.07, 6.45) is 0. The normalized spacial score (nSPS) is 21.1. The van der Waals surface area contributed by atoms with E-state index in [1.165, 1.54) is 6.07 Å². The second-order valence-corrected chi connectivity index (χ2v) is 5.07. The Morgan fingerprint density at radius 3 is 2.72 bits per heavy atom. The average molecular weight is 250 g/mol. The van der Waals surface area contributed by atoms with Gasteiger partial charge in [-0.05, 0) is 44.7 Å². The number of aryl methyl sites for hydroxylation is 1. The van der Waals surface area contributed by atoms with Crippen LogP contribution in [0.3, 0.4) is 0 Å². The predicted octanol–water partition coefficient (Wildman–Crippen LogP) is 1.91. The zero-order valence-electron chi connectivity index (χ0n) is 11.1. The molecular formula is C14H19FN2O. The molecule has 0 radical (unpaired) electrons. The third-order valence-electron chi connectivity index (χ3n) is 3.50. The number of halogens is 1. The van der Waals surface area contributed by atoms with Gasteiger partial charge in [-0.25, -0.2) is 4.39 Å². The first-order valence-electron chi connectivity index (χ1n) is 6.24. The highest BCUT2D eigenvalue weighted by Crippen LogP contribution is 2.15. The summed E-state index contributed by atoms with van der Waals surface area (Å²) in [5, 5.41) is 0. The maximum Gasteiger partial charge on any atom is 0.254 e. The summed E-state index contributed by atoms with van der Waals surface area (Å²) in [5.41, 5.74) is 1.09. The van der Waals surface area contributed by atoms with Gasteiger partial charge < -0.3 is 9.80 Å². The molecule has 1 saturated heterocycles. The van der Waals surface area contributed by atoms with E-state index in [2.05, 4.69) is 11.9 Å². The quantitative estimate of drug-likeness (QED) is 0.760. The Bertz CT molecular complexity index is 461. The lowest BCUT2D eigenvalue weighted by Gasteiger charge is -2.38. The van der Waals surface area contributed by atoms with Crippen molar-refractivity contribution in [3.05, 3.63) is 35.1 Å². The van der Waals surface area contributed by atoms with E-state index in [0.717, 1.165) is 19.6 Å². The van der Waals surface area contributed by atoms with Crippen LogP contribution in [0.2, 0.25) is 0 Å². The first-order chi connectivity index (χ1) is 8.49. The zero-order chi connectivity index (χ0) is 13.3. The van der Waals surface area contributed by atoms with Gasteiger partial charge in [0.15, 0.2) is 0 Å². The molecule has 1 aliphatic rings. The van der Waals surface area contributed by atoms with Crippen LogP contribution in [0.15, 0.2) is 18.2 Å². The number of hydrogen-bond donors (Lipinski definition) is 0. The van der Waals surface area contributed by atoms with Gasteiger partial charge in [0.25, 0.3) is 5.91 Å². The Morgan fingerprint density at radius 1 is 1.39 bits per heavy atom. The van der Waals surface area contributed by atoms with E-state index < -0.39 is 0 Å². The molecule has 1 amide bonds. The molecule has 1 atom stereocenters. The maximum atomic E-state index is 13.2. The Labute approximate surface area is 107 Å². The van der Waals surface area contributed by atoms with E-state index in [0.29, 0.717) is 11.1 Å². The van der Waals surface area contributed by atoms with Crippen LogP contribution in [-0.4, -0.2) is 48.4 Å². The second kappa shape index (κ2) is 5.06. The summed E-state index contributed by atoms with van der Waals surface area (Å²) in [7, 11) is 2.06. The molecule has 0 aliphatic carbocycles. The molecule has 1 unspecified atom stereocenters. The number of piperazine rings is 1. The number of nitrogens with zero attached hydrogens (tertiary/aromatic N) is 2. The van der Waals surface area contributed by atoms with E-state index in [9.17, 15) is 9.18 Å². The lowest BCUT2D eigenvalue weighted by atomic mass is 10.1. The Kier molecular flexibility index (Phi) is 3.66. The lowest BCUT2D eigenvalue weighted by molar-refractivity contribution is 0.0533. The Morgan fingerprint density at radius 2 is 2.11 bits per heavy atom. The van der Waals surface area contributed by atoms with Gasteiger partial charge in [0, 0.05) is 31.2 Å². The van der Waals surface area contributed by atoms with Crippen molar-refractivity contribution >= 4 is 5.91 Å². The fraction of sp³-hybridized carbons (Fsp3) is 0.500. The van der Waals surface area contributed by atoms with Crippen molar-refractivity contribution in [2.75, 3.05) is 26.7 Å². The lowest BCUT2D eigenvalue weighted by Crippen LogP contribution is -2.52. The van der Waals surface area contributed by atoms with E-state index in [1.807, 2.05) is 11.8 Å². The van der Waals surface area contributed by atoms with Crippen molar-refractivity contribution in [2.24, 2.45) is 0 Å². The maximum absolute atomic E-state index is 13.2. The van der Waals surface area contributed by atoms with Crippen LogP contribution in [0.25, 0.3) is 0 Å². The number of likely N-dealkylation sites (N-methyl/N-ethyl adjacent to an activating group) is 1. The summed E-state index contributed by atoms with van der Waals surface area (Å²) < 4.78 is 13.2. The SMILES string of the molecule is Cc1cc(C(=O)N2CCN(C)CC2C)ccc1F. The topological polar surface area (TPSA) is 23.6 Å². The first-order valence-corrected chi connectivity index (χ1v) is 6.24. The van der Waals surface area contributed by atoms with Crippen LogP contribution in [0, 0.1) is 12.7 Å². The van der Waals surface area contributed by atoms with Gasteiger partial charge in [-0.15, -0.1) is 0 Å². The molecule has 2 rings (SSSR count). The number of rotatable bonds is 1. The highest BCUT2D eigenvalue weighted by atomic mass is 19.1. The van der Waals surface area contributed by atoms with Crippen LogP contribution in [0.5, 0.6) is 0 Å². The molecule has 0 spiro atoms. The molecule has 1 aliphatic heterocycles. The van der Waals surface area contributed by atoms with Crippen LogP contribution >= 0.6 is 0 Å². The average Bonchev–Trinajstić information content (AvgIpc) is 2.32. The van der Waals surface area contributed by atoms with E-state index in [1.54, 1.807) is 19.1 Å². The third-order valence-corrected chi connectivity index (χ3v) is 3.50. The van der Waals surface area contributed by atoms with Gasteiger partial charge in [0.2, 0.25) is 0 Å². The molecule has 98 valence electrons. The van der Waals surface area contributed by atoms with Crippen LogP contribution < -0.4 is 0 Å². The monoisotopic (exact) mass is 250 g/mol. The molecular weight excluding hydrogens is 231 g/mol. The van der Waals surface area contributed by atoms with Gasteiger partial charge in [0.05, 0.1) is 0 Å². The van der Waals surface area contributed by atoms with Crippen molar-refractivity contribution in [1.82, 2.24) is 9.80 Å². The van der Waals surface area contributed by atoms with Crippen molar-refractivity contribution in [3.8, 4) is 0 Å². The third kappa shape index (κ3) is 2.53. The molecule has 3 nitrogen and oxygen atoms in total. The molecule has 18 heavy (non-hydrogen) atoms. The standard InChI is InChI=1S/C14H19FN2O/c1-10-8-12(4-5-13(10)15)14(18)17-7-6-16(3)9-11(17)2/h4-5,8,11H,6-7,9H2,1-3H3. The molecule has 1 fully saturated rings. The number of carbonyl (C=O) groups is 1. The summed E-state index contributed by atoms with van der Waals surface area (Å²) in [5.74, 6) is -0.267. The van der Waals surface area contributed by atoms with E-state index >= 15 is 0 Å². The fourth-order valence-corrected chi connectivity index (χ4v) is 2.38. The molecule has 1 aromatic rings. The number of amides is 1. The molecule has 0 bridgehead atoms. The minimum Gasteiger partial charge on any atom is -0.333 e. The second-order valence-electron chi connectivity index (χ2n) is 5.07. The summed E-state index contributed by atoms with van der Waals surface area (Å²) in [4.78, 5) is 16.4. The van der Waals surface area contributed by atoms with Gasteiger partial charge in [-0.2, -0.15) is 0 Å². The number of benzene rings is 1. The van der Waals surface area contributed by atoms with Crippen LogP contribution in [-0.2, 0) is 0 Å². The zero-order valence-corrected chi connectivity index (χ0v) is 11.1. The van der Waals surface area contributed by atoms with Crippen LogP contribution in [0.1, 0.15) is 22.8 Å². The van der Waals surface area contributed by atoms with Crippen molar-refractivity contribution in [1.29, 1.82) is 0 Å². The highest BCUT2D eigenvalue weighted by Gasteiger charge is 2.26. The molecule has 1 aromatic carbocycles. The largest absolute Gasteiger partial charge is 0.333 e. The van der Waals surface area contributed by atoms with Crippen molar-refractivity contribution < 1.29 is 9.18 Å². The van der Waals surface area contributed by atoms with Crippen molar-refractivity contribution in [2.45, 2.75) is 19.9 Å². The number of hydrogen-bond acceptors (Lipinski definition) is 2. The van der Waals surface area contributed by atoms with Crippen molar-refractivity contribution in [3.63, 3.8) is 0 Å². The van der Waals surface area contributed by atoms with Gasteiger partial charge in [-0.1, -0.05) is 0 Å².